The number of ether oxygens (including phenoxy) is 1. The topological polar surface area (TPSA) is 44.1 Å². The molecule has 0 saturated carbocycles. The lowest BCUT2D eigenvalue weighted by Crippen LogP contribution is -2.38. The third-order valence-electron chi connectivity index (χ3n) is 4.09. The lowest BCUT2D eigenvalue weighted by molar-refractivity contribution is -0.151. The van der Waals surface area contributed by atoms with E-state index >= 15 is 0 Å². The first-order valence-electron chi connectivity index (χ1n) is 7.19. The molecule has 1 aromatic carbocycles. The van der Waals surface area contributed by atoms with E-state index in [9.17, 15) is 4.79 Å². The fraction of sp³-hybridized carbons (Fsp3) is 0.500. The van der Waals surface area contributed by atoms with Crippen molar-refractivity contribution < 1.29 is 9.53 Å². The average Bonchev–Trinajstić information content (AvgIpc) is 2.80. The van der Waals surface area contributed by atoms with Crippen LogP contribution in [0.4, 0.5) is 0 Å². The zero-order valence-electron chi connectivity index (χ0n) is 12.6. The Morgan fingerprint density at radius 2 is 1.90 bits per heavy atom. The minimum absolute atomic E-state index is 0.177. The summed E-state index contributed by atoms with van der Waals surface area (Å²) >= 11 is 0. The molecule has 0 saturated heterocycles. The molecule has 0 unspecified atom stereocenters. The highest BCUT2D eigenvalue weighted by Gasteiger charge is 2.42. The van der Waals surface area contributed by atoms with Crippen LogP contribution in [0.5, 0.6) is 0 Å². The summed E-state index contributed by atoms with van der Waals surface area (Å²) in [5.74, 6) is 0.616. The number of carbonyl (C=O) groups excluding carboxylic acids is 1. The van der Waals surface area contributed by atoms with Crippen LogP contribution in [0.15, 0.2) is 24.3 Å². The summed E-state index contributed by atoms with van der Waals surface area (Å²) in [4.78, 5) is 17.2. The van der Waals surface area contributed by atoms with E-state index in [4.69, 9.17) is 9.72 Å². The molecule has 4 nitrogen and oxygen atoms in total. The van der Waals surface area contributed by atoms with Gasteiger partial charge in [-0.15, -0.1) is 0 Å². The van der Waals surface area contributed by atoms with Gasteiger partial charge in [0.1, 0.15) is 11.2 Å². The molecule has 0 bridgehead atoms. The molecule has 2 rings (SSSR count). The van der Waals surface area contributed by atoms with E-state index in [1.54, 1.807) is 0 Å². The highest BCUT2D eigenvalue weighted by Crippen LogP contribution is 2.34. The highest BCUT2D eigenvalue weighted by molar-refractivity contribution is 5.84. The minimum atomic E-state index is -0.663. The number of carbonyl (C=O) groups is 1. The molecule has 0 aliphatic rings. The highest BCUT2D eigenvalue weighted by atomic mass is 16.5. The maximum absolute atomic E-state index is 12.5. The largest absolute Gasteiger partial charge is 0.465 e. The fourth-order valence-corrected chi connectivity index (χ4v) is 2.79. The van der Waals surface area contributed by atoms with E-state index in [1.807, 2.05) is 56.7 Å². The monoisotopic (exact) mass is 274 g/mol. The quantitative estimate of drug-likeness (QED) is 0.786. The molecule has 0 spiro atoms. The summed E-state index contributed by atoms with van der Waals surface area (Å²) < 4.78 is 7.32. The number of hydrogen-bond acceptors (Lipinski definition) is 3. The summed E-state index contributed by atoms with van der Waals surface area (Å²) in [6.07, 6.45) is 1.36. The molecule has 0 fully saturated rings. The van der Waals surface area contributed by atoms with E-state index in [0.29, 0.717) is 19.4 Å². The second kappa shape index (κ2) is 5.65. The number of rotatable bonds is 5. The molecular formula is C16H22N2O2. The normalized spacial score (nSPS) is 11.8. The average molecular weight is 274 g/mol. The summed E-state index contributed by atoms with van der Waals surface area (Å²) in [6, 6.07) is 7.94. The van der Waals surface area contributed by atoms with Gasteiger partial charge in [0.2, 0.25) is 0 Å². The van der Waals surface area contributed by atoms with Gasteiger partial charge in [-0.2, -0.15) is 0 Å². The van der Waals surface area contributed by atoms with Gasteiger partial charge in [0.15, 0.2) is 0 Å². The first-order valence-corrected chi connectivity index (χ1v) is 7.19. The van der Waals surface area contributed by atoms with Gasteiger partial charge in [-0.05, 0) is 31.9 Å². The van der Waals surface area contributed by atoms with Crippen molar-refractivity contribution in [3.8, 4) is 0 Å². The van der Waals surface area contributed by atoms with Crippen LogP contribution in [0.1, 0.15) is 39.4 Å². The molecule has 0 atom stereocenters. The standard InChI is InChI=1S/C16H22N2O2/c1-5-16(6-2,15(19)20-7-3)14-17-12-10-8-9-11-13(12)18(14)4/h8-11H,5-7H2,1-4H3. The Morgan fingerprint density at radius 1 is 1.25 bits per heavy atom. The van der Waals surface area contributed by atoms with Crippen molar-refractivity contribution in [1.29, 1.82) is 0 Å². The van der Waals surface area contributed by atoms with Crippen molar-refractivity contribution in [1.82, 2.24) is 9.55 Å². The molecule has 2 aromatic rings. The van der Waals surface area contributed by atoms with Gasteiger partial charge in [0, 0.05) is 7.05 Å². The number of imidazole rings is 1. The summed E-state index contributed by atoms with van der Waals surface area (Å²) in [6.45, 7) is 6.26. The van der Waals surface area contributed by atoms with Gasteiger partial charge in [0.25, 0.3) is 0 Å². The Kier molecular flexibility index (Phi) is 4.12. The predicted octanol–water partition coefficient (Wildman–Crippen LogP) is 3.19. The second-order valence-electron chi connectivity index (χ2n) is 4.99. The van der Waals surface area contributed by atoms with Gasteiger partial charge < -0.3 is 9.30 Å². The molecule has 0 amide bonds. The van der Waals surface area contributed by atoms with E-state index in [1.165, 1.54) is 0 Å². The molecular weight excluding hydrogens is 252 g/mol. The molecule has 4 heteroatoms. The smallest absolute Gasteiger partial charge is 0.319 e. The van der Waals surface area contributed by atoms with Crippen LogP contribution >= 0.6 is 0 Å². The van der Waals surface area contributed by atoms with Crippen LogP contribution in [0, 0.1) is 0 Å². The van der Waals surface area contributed by atoms with Gasteiger partial charge in [-0.25, -0.2) is 4.98 Å². The number of fused-ring (bicyclic) bond motifs is 1. The Balaban J connectivity index is 2.63. The van der Waals surface area contributed by atoms with E-state index in [2.05, 4.69) is 0 Å². The van der Waals surface area contributed by atoms with Crippen molar-refractivity contribution in [3.05, 3.63) is 30.1 Å². The van der Waals surface area contributed by atoms with Gasteiger partial charge in [-0.3, -0.25) is 4.79 Å². The van der Waals surface area contributed by atoms with Crippen LogP contribution in [0.3, 0.4) is 0 Å². The van der Waals surface area contributed by atoms with Crippen LogP contribution < -0.4 is 0 Å². The third-order valence-corrected chi connectivity index (χ3v) is 4.09. The fourth-order valence-electron chi connectivity index (χ4n) is 2.79. The summed E-state index contributed by atoms with van der Waals surface area (Å²) in [5, 5.41) is 0. The molecule has 108 valence electrons. The van der Waals surface area contributed by atoms with Crippen molar-refractivity contribution in [2.75, 3.05) is 6.61 Å². The molecule has 1 aromatic heterocycles. The Hall–Kier alpha value is -1.84. The zero-order valence-corrected chi connectivity index (χ0v) is 12.6. The van der Waals surface area contributed by atoms with Crippen LogP contribution in [-0.4, -0.2) is 22.1 Å². The third kappa shape index (κ3) is 2.09. The predicted molar refractivity (Wildman–Crippen MR) is 79.6 cm³/mol. The molecule has 0 aliphatic heterocycles. The van der Waals surface area contributed by atoms with E-state index in [0.717, 1.165) is 16.9 Å². The lowest BCUT2D eigenvalue weighted by atomic mass is 9.81. The lowest BCUT2D eigenvalue weighted by Gasteiger charge is -2.28. The molecule has 0 N–H and O–H groups in total. The Bertz CT molecular complexity index is 612. The van der Waals surface area contributed by atoms with Gasteiger partial charge in [-0.1, -0.05) is 26.0 Å². The van der Waals surface area contributed by atoms with Crippen molar-refractivity contribution in [3.63, 3.8) is 0 Å². The summed E-state index contributed by atoms with van der Waals surface area (Å²) in [5.41, 5.74) is 1.29. The first kappa shape index (κ1) is 14.6. The molecule has 0 aliphatic carbocycles. The maximum atomic E-state index is 12.5. The molecule has 0 radical (unpaired) electrons. The van der Waals surface area contributed by atoms with Gasteiger partial charge in [0.05, 0.1) is 17.6 Å². The minimum Gasteiger partial charge on any atom is -0.465 e. The Morgan fingerprint density at radius 3 is 2.45 bits per heavy atom. The van der Waals surface area contributed by atoms with Crippen LogP contribution in [0.25, 0.3) is 11.0 Å². The number of aryl methyl sites for hydroxylation is 1. The number of aromatic nitrogens is 2. The van der Waals surface area contributed by atoms with Crippen molar-refractivity contribution in [2.45, 2.75) is 39.0 Å². The number of esters is 1. The maximum Gasteiger partial charge on any atom is 0.319 e. The Labute approximate surface area is 119 Å². The number of benzene rings is 1. The molecule has 1 heterocycles. The second-order valence-corrected chi connectivity index (χ2v) is 4.99. The first-order chi connectivity index (χ1) is 9.60. The zero-order chi connectivity index (χ0) is 14.8. The van der Waals surface area contributed by atoms with Crippen molar-refractivity contribution >= 4 is 17.0 Å². The molecule has 20 heavy (non-hydrogen) atoms. The number of para-hydroxylation sites is 2. The number of nitrogens with zero attached hydrogens (tertiary/aromatic N) is 2. The number of hydrogen-bond donors (Lipinski definition) is 0. The summed E-state index contributed by atoms with van der Waals surface area (Å²) in [7, 11) is 1.96. The van der Waals surface area contributed by atoms with E-state index < -0.39 is 5.41 Å². The van der Waals surface area contributed by atoms with E-state index in [-0.39, 0.29) is 5.97 Å². The van der Waals surface area contributed by atoms with Crippen molar-refractivity contribution in [2.24, 2.45) is 7.05 Å². The SMILES string of the molecule is CCOC(=O)C(CC)(CC)c1nc2ccccc2n1C. The van der Waals surface area contributed by atoms with Gasteiger partial charge >= 0.3 is 5.97 Å². The van der Waals surface area contributed by atoms with Crippen LogP contribution in [-0.2, 0) is 22.0 Å². The van der Waals surface area contributed by atoms with Crippen LogP contribution in [0.2, 0.25) is 0 Å².